The molecule has 0 radical (unpaired) electrons. The molecule has 0 aromatic rings. The summed E-state index contributed by atoms with van der Waals surface area (Å²) in [5.74, 6) is 0. The summed E-state index contributed by atoms with van der Waals surface area (Å²) in [4.78, 5) is 0. The van der Waals surface area contributed by atoms with Gasteiger partial charge in [-0.25, -0.2) is 8.42 Å². The summed E-state index contributed by atoms with van der Waals surface area (Å²) < 4.78 is 21.0. The van der Waals surface area contributed by atoms with Crippen LogP contribution in [0.2, 0.25) is 0 Å². The van der Waals surface area contributed by atoms with Crippen molar-refractivity contribution in [3.05, 3.63) is 10.8 Å². The maximum absolute atomic E-state index is 10.7. The van der Waals surface area contributed by atoms with Crippen LogP contribution in [0, 0.1) is 0 Å². The molecule has 0 saturated carbocycles. The largest absolute Gasteiger partial charge is 0.223 e. The molecule has 2 nitrogen and oxygen atoms in total. The standard InChI is InChI=1S/C4H6O2S2/c1-4-7-2-3-8(4,5)6/h2-4H,1H3. The van der Waals surface area contributed by atoms with E-state index in [0.717, 1.165) is 0 Å². The zero-order chi connectivity index (χ0) is 6.20. The van der Waals surface area contributed by atoms with Crippen molar-refractivity contribution < 1.29 is 8.42 Å². The van der Waals surface area contributed by atoms with Gasteiger partial charge in [0, 0.05) is 5.41 Å². The van der Waals surface area contributed by atoms with Crippen LogP contribution in [0.3, 0.4) is 0 Å². The van der Waals surface area contributed by atoms with Crippen LogP contribution >= 0.6 is 11.8 Å². The van der Waals surface area contributed by atoms with E-state index in [2.05, 4.69) is 0 Å². The van der Waals surface area contributed by atoms with Crippen LogP contribution in [0.4, 0.5) is 0 Å². The van der Waals surface area contributed by atoms with E-state index in [4.69, 9.17) is 0 Å². The highest BCUT2D eigenvalue weighted by Gasteiger charge is 2.21. The normalized spacial score (nSPS) is 33.4. The van der Waals surface area contributed by atoms with Crippen LogP contribution in [-0.2, 0) is 9.84 Å². The van der Waals surface area contributed by atoms with E-state index in [1.807, 2.05) is 0 Å². The summed E-state index contributed by atoms with van der Waals surface area (Å²) in [6.45, 7) is 1.68. The third-order valence-corrected chi connectivity index (χ3v) is 4.41. The smallest absolute Gasteiger partial charge is 0.184 e. The van der Waals surface area contributed by atoms with Crippen molar-refractivity contribution in [2.75, 3.05) is 0 Å². The van der Waals surface area contributed by atoms with Gasteiger partial charge in [0.05, 0.1) is 0 Å². The molecule has 1 unspecified atom stereocenters. The van der Waals surface area contributed by atoms with Crippen LogP contribution in [0.15, 0.2) is 10.8 Å². The minimum Gasteiger partial charge on any atom is -0.223 e. The fraction of sp³-hybridized carbons (Fsp3) is 0.500. The van der Waals surface area contributed by atoms with Crippen LogP contribution in [-0.4, -0.2) is 13.0 Å². The molecule has 0 N–H and O–H groups in total. The molecule has 0 saturated heterocycles. The topological polar surface area (TPSA) is 34.1 Å². The molecule has 1 aliphatic rings. The lowest BCUT2D eigenvalue weighted by atomic mass is 11.0. The Bertz CT molecular complexity index is 202. The second-order valence-corrected chi connectivity index (χ2v) is 5.27. The Hall–Kier alpha value is 0.0400. The maximum atomic E-state index is 10.7. The highest BCUT2D eigenvalue weighted by atomic mass is 32.3. The summed E-state index contributed by atoms with van der Waals surface area (Å²) in [5.41, 5.74) is 0. The van der Waals surface area contributed by atoms with Crippen LogP contribution < -0.4 is 0 Å². The highest BCUT2D eigenvalue weighted by molar-refractivity contribution is 8.18. The Balaban J connectivity index is 3.01. The van der Waals surface area contributed by atoms with E-state index in [9.17, 15) is 8.42 Å². The van der Waals surface area contributed by atoms with Gasteiger partial charge in [-0.15, -0.1) is 11.8 Å². The summed E-state index contributed by atoms with van der Waals surface area (Å²) in [5, 5.41) is 2.86. The Morgan fingerprint density at radius 3 is 2.38 bits per heavy atom. The molecular formula is C4H6O2S2. The highest BCUT2D eigenvalue weighted by Crippen LogP contribution is 2.26. The first-order valence-electron chi connectivity index (χ1n) is 2.19. The van der Waals surface area contributed by atoms with Gasteiger partial charge in [0.25, 0.3) is 0 Å². The molecule has 0 fully saturated rings. The molecular weight excluding hydrogens is 144 g/mol. The minimum atomic E-state index is -2.84. The van der Waals surface area contributed by atoms with Gasteiger partial charge in [-0.1, -0.05) is 0 Å². The zero-order valence-electron chi connectivity index (χ0n) is 4.37. The molecule has 0 spiro atoms. The van der Waals surface area contributed by atoms with Crippen molar-refractivity contribution in [3.63, 3.8) is 0 Å². The Kier molecular flexibility index (Phi) is 1.37. The lowest BCUT2D eigenvalue weighted by molar-refractivity contribution is 0.604. The predicted molar refractivity (Wildman–Crippen MR) is 35.1 cm³/mol. The van der Waals surface area contributed by atoms with Gasteiger partial charge in [0.15, 0.2) is 9.84 Å². The molecule has 0 bridgehead atoms. The monoisotopic (exact) mass is 150 g/mol. The van der Waals surface area contributed by atoms with E-state index in [-0.39, 0.29) is 4.58 Å². The average molecular weight is 150 g/mol. The lowest BCUT2D eigenvalue weighted by Gasteiger charge is -1.95. The lowest BCUT2D eigenvalue weighted by Crippen LogP contribution is -2.04. The van der Waals surface area contributed by atoms with Gasteiger partial charge in [-0.05, 0) is 12.3 Å². The third-order valence-electron chi connectivity index (χ3n) is 0.978. The molecule has 0 aromatic heterocycles. The van der Waals surface area contributed by atoms with Crippen LogP contribution in [0.5, 0.6) is 0 Å². The van der Waals surface area contributed by atoms with Gasteiger partial charge in [-0.3, -0.25) is 0 Å². The predicted octanol–water partition coefficient (Wildman–Crippen LogP) is 0.965. The van der Waals surface area contributed by atoms with E-state index in [1.165, 1.54) is 17.2 Å². The van der Waals surface area contributed by atoms with E-state index >= 15 is 0 Å². The summed E-state index contributed by atoms with van der Waals surface area (Å²) in [7, 11) is -2.84. The first kappa shape index (κ1) is 6.16. The molecule has 0 aromatic carbocycles. The molecule has 1 aliphatic heterocycles. The molecule has 4 heteroatoms. The number of hydrogen-bond donors (Lipinski definition) is 0. The number of sulfone groups is 1. The van der Waals surface area contributed by atoms with Crippen molar-refractivity contribution in [1.82, 2.24) is 0 Å². The minimum absolute atomic E-state index is 0.262. The van der Waals surface area contributed by atoms with E-state index < -0.39 is 9.84 Å². The molecule has 46 valence electrons. The Morgan fingerprint density at radius 2 is 2.25 bits per heavy atom. The van der Waals surface area contributed by atoms with Crippen LogP contribution in [0.1, 0.15) is 6.92 Å². The number of hydrogen-bond acceptors (Lipinski definition) is 3. The number of rotatable bonds is 0. The maximum Gasteiger partial charge on any atom is 0.184 e. The van der Waals surface area contributed by atoms with Gasteiger partial charge in [0.1, 0.15) is 4.58 Å². The van der Waals surface area contributed by atoms with E-state index in [1.54, 1.807) is 12.3 Å². The first-order valence-corrected chi connectivity index (χ1v) is 4.74. The SMILES string of the molecule is CC1SC=CS1(=O)=O. The molecule has 8 heavy (non-hydrogen) atoms. The second-order valence-electron chi connectivity index (χ2n) is 1.56. The fourth-order valence-electron chi connectivity index (χ4n) is 0.408. The van der Waals surface area contributed by atoms with Gasteiger partial charge >= 0.3 is 0 Å². The van der Waals surface area contributed by atoms with Gasteiger partial charge < -0.3 is 0 Å². The summed E-state index contributed by atoms with van der Waals surface area (Å²) in [6, 6.07) is 0. The van der Waals surface area contributed by atoms with Crippen molar-refractivity contribution >= 4 is 21.6 Å². The summed E-state index contributed by atoms with van der Waals surface area (Å²) >= 11 is 1.34. The van der Waals surface area contributed by atoms with Crippen LogP contribution in [0.25, 0.3) is 0 Å². The Morgan fingerprint density at radius 1 is 1.62 bits per heavy atom. The van der Waals surface area contributed by atoms with Gasteiger partial charge in [-0.2, -0.15) is 0 Å². The molecule has 1 rings (SSSR count). The molecule has 1 heterocycles. The average Bonchev–Trinajstić information content (AvgIpc) is 1.86. The van der Waals surface area contributed by atoms with Gasteiger partial charge in [0.2, 0.25) is 0 Å². The molecule has 1 atom stereocenters. The van der Waals surface area contributed by atoms with E-state index in [0.29, 0.717) is 0 Å². The Labute approximate surface area is 52.9 Å². The quantitative estimate of drug-likeness (QED) is 0.516. The van der Waals surface area contributed by atoms with Crippen molar-refractivity contribution in [1.29, 1.82) is 0 Å². The summed E-state index contributed by atoms with van der Waals surface area (Å²) in [6.07, 6.45) is 0. The first-order chi connectivity index (χ1) is 3.63. The third kappa shape index (κ3) is 0.902. The number of thioether (sulfide) groups is 1. The molecule has 0 amide bonds. The van der Waals surface area contributed by atoms with Crippen molar-refractivity contribution in [2.45, 2.75) is 11.5 Å². The second kappa shape index (κ2) is 1.77. The fourth-order valence-corrected chi connectivity index (χ4v) is 2.73. The molecule has 0 aliphatic carbocycles. The van der Waals surface area contributed by atoms with Crippen molar-refractivity contribution in [3.8, 4) is 0 Å². The van der Waals surface area contributed by atoms with Crippen molar-refractivity contribution in [2.24, 2.45) is 0 Å². The zero-order valence-corrected chi connectivity index (χ0v) is 6.00.